The molecular weight excluding hydrogens is 405 g/mol. The SMILES string of the molecule is COc1ccc(C2=C(O)C(=O)N(Cc3ccc(F)cc3)[C@H]2c2ccc(C(C)C)cc2)cc1. The lowest BCUT2D eigenvalue weighted by atomic mass is 9.91. The van der Waals surface area contributed by atoms with Gasteiger partial charge in [0.05, 0.1) is 13.2 Å². The molecule has 5 heteroatoms. The van der Waals surface area contributed by atoms with E-state index in [1.54, 1.807) is 24.1 Å². The van der Waals surface area contributed by atoms with E-state index in [4.69, 9.17) is 4.74 Å². The zero-order chi connectivity index (χ0) is 22.8. The summed E-state index contributed by atoms with van der Waals surface area (Å²) in [6.45, 7) is 4.51. The van der Waals surface area contributed by atoms with Gasteiger partial charge < -0.3 is 14.7 Å². The van der Waals surface area contributed by atoms with Gasteiger partial charge in [-0.3, -0.25) is 4.79 Å². The number of methoxy groups -OCH3 is 1. The highest BCUT2D eigenvalue weighted by molar-refractivity contribution is 6.05. The monoisotopic (exact) mass is 431 g/mol. The van der Waals surface area contributed by atoms with Crippen LogP contribution < -0.4 is 4.74 Å². The van der Waals surface area contributed by atoms with E-state index in [1.165, 1.54) is 17.7 Å². The Morgan fingerprint density at radius 3 is 2.16 bits per heavy atom. The standard InChI is InChI=1S/C27H26FNO3/c1-17(2)19-6-8-21(9-7-19)25-24(20-10-14-23(32-3)15-11-20)26(30)27(31)29(25)16-18-4-12-22(28)13-5-18/h4-15,17,25,30H,16H2,1-3H3/t25-/m0/s1. The van der Waals surface area contributed by atoms with Gasteiger partial charge in [0.2, 0.25) is 0 Å². The predicted octanol–water partition coefficient (Wildman–Crippen LogP) is 6.01. The molecule has 1 heterocycles. The van der Waals surface area contributed by atoms with Gasteiger partial charge in [0.1, 0.15) is 11.6 Å². The summed E-state index contributed by atoms with van der Waals surface area (Å²) in [7, 11) is 1.59. The molecule has 4 nitrogen and oxygen atoms in total. The summed E-state index contributed by atoms with van der Waals surface area (Å²) in [5, 5.41) is 10.9. The van der Waals surface area contributed by atoms with Crippen molar-refractivity contribution in [3.8, 4) is 5.75 Å². The molecule has 3 aromatic carbocycles. The molecule has 1 N–H and O–H groups in total. The van der Waals surface area contributed by atoms with Crippen LogP contribution in [0.1, 0.15) is 48.1 Å². The van der Waals surface area contributed by atoms with Gasteiger partial charge in [-0.25, -0.2) is 4.39 Å². The Kier molecular flexibility index (Phi) is 5.99. The van der Waals surface area contributed by atoms with Gasteiger partial charge in [0.25, 0.3) is 5.91 Å². The Morgan fingerprint density at radius 1 is 0.969 bits per heavy atom. The molecule has 0 aliphatic carbocycles. The Morgan fingerprint density at radius 2 is 1.59 bits per heavy atom. The second-order valence-corrected chi connectivity index (χ2v) is 8.27. The highest BCUT2D eigenvalue weighted by Gasteiger charge is 2.41. The van der Waals surface area contributed by atoms with E-state index < -0.39 is 11.9 Å². The van der Waals surface area contributed by atoms with E-state index in [9.17, 15) is 14.3 Å². The Labute approximate surface area is 187 Å². The number of ether oxygens (including phenoxy) is 1. The summed E-state index contributed by atoms with van der Waals surface area (Å²) >= 11 is 0. The number of carbonyl (C=O) groups excluding carboxylic acids is 1. The number of hydrogen-bond acceptors (Lipinski definition) is 3. The van der Waals surface area contributed by atoms with Crippen LogP contribution in [0.25, 0.3) is 5.57 Å². The maximum absolute atomic E-state index is 13.4. The first-order chi connectivity index (χ1) is 15.4. The molecular formula is C27H26FNO3. The van der Waals surface area contributed by atoms with Crippen molar-refractivity contribution in [2.45, 2.75) is 32.4 Å². The maximum atomic E-state index is 13.4. The van der Waals surface area contributed by atoms with Crippen LogP contribution in [0.5, 0.6) is 5.75 Å². The Bertz CT molecular complexity index is 1130. The summed E-state index contributed by atoms with van der Waals surface area (Å²) in [4.78, 5) is 14.8. The molecule has 32 heavy (non-hydrogen) atoms. The molecule has 0 saturated heterocycles. The minimum absolute atomic E-state index is 0.249. The van der Waals surface area contributed by atoms with Crippen LogP contribution in [0.3, 0.4) is 0 Å². The van der Waals surface area contributed by atoms with Gasteiger partial charge in [-0.2, -0.15) is 0 Å². The van der Waals surface area contributed by atoms with E-state index in [-0.39, 0.29) is 18.1 Å². The van der Waals surface area contributed by atoms with E-state index in [2.05, 4.69) is 26.0 Å². The summed E-state index contributed by atoms with van der Waals surface area (Å²) in [5.41, 5.74) is 4.18. The molecule has 3 aromatic rings. The summed E-state index contributed by atoms with van der Waals surface area (Å²) in [6.07, 6.45) is 0. The first kappa shape index (κ1) is 21.6. The number of aliphatic hydroxyl groups is 1. The molecule has 1 atom stereocenters. The third kappa shape index (κ3) is 4.11. The third-order valence-corrected chi connectivity index (χ3v) is 5.89. The van der Waals surface area contributed by atoms with Crippen molar-refractivity contribution in [3.05, 3.63) is 107 Å². The second kappa shape index (κ2) is 8.87. The van der Waals surface area contributed by atoms with E-state index in [1.807, 2.05) is 36.4 Å². The van der Waals surface area contributed by atoms with Crippen molar-refractivity contribution in [2.75, 3.05) is 7.11 Å². The zero-order valence-corrected chi connectivity index (χ0v) is 18.4. The fourth-order valence-electron chi connectivity index (χ4n) is 4.08. The molecule has 0 saturated carbocycles. The van der Waals surface area contributed by atoms with Crippen LogP contribution in [0.2, 0.25) is 0 Å². The molecule has 1 aliphatic heterocycles. The van der Waals surface area contributed by atoms with Crippen molar-refractivity contribution in [1.29, 1.82) is 0 Å². The molecule has 0 unspecified atom stereocenters. The predicted molar refractivity (Wildman–Crippen MR) is 123 cm³/mol. The summed E-state index contributed by atoms with van der Waals surface area (Å²) in [6, 6.07) is 21.0. The van der Waals surface area contributed by atoms with Crippen LogP contribution >= 0.6 is 0 Å². The Balaban J connectivity index is 1.78. The molecule has 4 rings (SSSR count). The number of amides is 1. The fourth-order valence-corrected chi connectivity index (χ4v) is 4.08. The second-order valence-electron chi connectivity index (χ2n) is 8.27. The average molecular weight is 432 g/mol. The van der Waals surface area contributed by atoms with Crippen molar-refractivity contribution in [1.82, 2.24) is 4.90 Å². The minimum Gasteiger partial charge on any atom is -0.503 e. The maximum Gasteiger partial charge on any atom is 0.290 e. The van der Waals surface area contributed by atoms with Crippen molar-refractivity contribution < 1.29 is 19.0 Å². The number of rotatable bonds is 6. The zero-order valence-electron chi connectivity index (χ0n) is 18.4. The minimum atomic E-state index is -0.470. The summed E-state index contributed by atoms with van der Waals surface area (Å²) < 4.78 is 18.6. The van der Waals surface area contributed by atoms with Crippen molar-refractivity contribution in [2.24, 2.45) is 0 Å². The number of aliphatic hydroxyl groups excluding tert-OH is 1. The number of carbonyl (C=O) groups is 1. The smallest absolute Gasteiger partial charge is 0.290 e. The highest BCUT2D eigenvalue weighted by Crippen LogP contribution is 2.44. The van der Waals surface area contributed by atoms with E-state index >= 15 is 0 Å². The van der Waals surface area contributed by atoms with Crippen LogP contribution in [0, 0.1) is 5.82 Å². The number of benzene rings is 3. The first-order valence-corrected chi connectivity index (χ1v) is 10.6. The van der Waals surface area contributed by atoms with Crippen LogP contribution in [-0.4, -0.2) is 23.0 Å². The van der Waals surface area contributed by atoms with E-state index in [0.29, 0.717) is 17.2 Å². The van der Waals surface area contributed by atoms with Crippen molar-refractivity contribution >= 4 is 11.5 Å². The Hall–Kier alpha value is -3.60. The van der Waals surface area contributed by atoms with Crippen LogP contribution in [0.4, 0.5) is 4.39 Å². The van der Waals surface area contributed by atoms with Crippen LogP contribution in [0.15, 0.2) is 78.6 Å². The largest absolute Gasteiger partial charge is 0.503 e. The van der Waals surface area contributed by atoms with Gasteiger partial charge in [0, 0.05) is 12.1 Å². The average Bonchev–Trinajstić information content (AvgIpc) is 3.05. The number of halogens is 1. The lowest BCUT2D eigenvalue weighted by molar-refractivity contribution is -0.130. The van der Waals surface area contributed by atoms with Gasteiger partial charge in [-0.15, -0.1) is 0 Å². The molecule has 0 radical (unpaired) electrons. The summed E-state index contributed by atoms with van der Waals surface area (Å²) in [5.74, 6) is 0.0317. The number of hydrogen-bond donors (Lipinski definition) is 1. The number of nitrogens with zero attached hydrogens (tertiary/aromatic N) is 1. The third-order valence-electron chi connectivity index (χ3n) is 5.89. The van der Waals surface area contributed by atoms with Gasteiger partial charge in [0.15, 0.2) is 5.76 Å². The first-order valence-electron chi connectivity index (χ1n) is 10.6. The van der Waals surface area contributed by atoms with Gasteiger partial charge in [-0.1, -0.05) is 62.4 Å². The molecule has 0 aromatic heterocycles. The molecule has 0 fully saturated rings. The fraction of sp³-hybridized carbons (Fsp3) is 0.222. The molecule has 1 amide bonds. The van der Waals surface area contributed by atoms with Gasteiger partial charge in [-0.05, 0) is 52.4 Å². The van der Waals surface area contributed by atoms with Gasteiger partial charge >= 0.3 is 0 Å². The molecule has 0 bridgehead atoms. The molecule has 0 spiro atoms. The highest BCUT2D eigenvalue weighted by atomic mass is 19.1. The quantitative estimate of drug-likeness (QED) is 0.520. The molecule has 164 valence electrons. The lowest BCUT2D eigenvalue weighted by Gasteiger charge is -2.28. The van der Waals surface area contributed by atoms with E-state index in [0.717, 1.165) is 16.7 Å². The normalized spacial score (nSPS) is 16.2. The topological polar surface area (TPSA) is 49.8 Å². The molecule has 1 aliphatic rings. The van der Waals surface area contributed by atoms with Crippen LogP contribution in [-0.2, 0) is 11.3 Å². The van der Waals surface area contributed by atoms with Crippen molar-refractivity contribution in [3.63, 3.8) is 0 Å². The lowest BCUT2D eigenvalue weighted by Crippen LogP contribution is -2.29.